The molecule has 0 unspecified atom stereocenters. The number of nitrogens with zero attached hydrogens (tertiary/aromatic N) is 1. The van der Waals surface area contributed by atoms with Crippen LogP contribution >= 0.6 is 11.6 Å². The van der Waals surface area contributed by atoms with Gasteiger partial charge in [-0.2, -0.15) is 0 Å². The number of benzene rings is 1. The summed E-state index contributed by atoms with van der Waals surface area (Å²) in [5.74, 6) is -0.732. The van der Waals surface area contributed by atoms with Gasteiger partial charge in [0.2, 0.25) is 5.79 Å². The zero-order valence-corrected chi connectivity index (χ0v) is 10.3. The predicted octanol–water partition coefficient (Wildman–Crippen LogP) is 2.59. The van der Waals surface area contributed by atoms with E-state index in [0.717, 1.165) is 0 Å². The van der Waals surface area contributed by atoms with Crippen LogP contribution in [0, 0.1) is 10.1 Å². The van der Waals surface area contributed by atoms with Gasteiger partial charge in [-0.3, -0.25) is 10.1 Å². The zero-order chi connectivity index (χ0) is 13.0. The molecule has 0 bridgehead atoms. The summed E-state index contributed by atoms with van der Waals surface area (Å²) in [4.78, 5) is 10.2. The lowest BCUT2D eigenvalue weighted by atomic mass is 10.1. The lowest BCUT2D eigenvalue weighted by Gasteiger charge is -2.20. The van der Waals surface area contributed by atoms with Crippen LogP contribution in [0.1, 0.15) is 5.56 Å². The fourth-order valence-electron chi connectivity index (χ4n) is 1.65. The summed E-state index contributed by atoms with van der Waals surface area (Å²) < 4.78 is 10.8. The second-order valence-electron chi connectivity index (χ2n) is 3.83. The van der Waals surface area contributed by atoms with Gasteiger partial charge in [0.1, 0.15) is 0 Å². The average Bonchev–Trinajstić information content (AvgIpc) is 2.86. The third-order valence-corrected chi connectivity index (χ3v) is 2.95. The Kier molecular flexibility index (Phi) is 3.96. The molecular weight excluding hydrogens is 258 g/mol. The van der Waals surface area contributed by atoms with Crippen molar-refractivity contribution in [2.24, 2.45) is 0 Å². The molecule has 0 aromatic heterocycles. The van der Waals surface area contributed by atoms with Crippen LogP contribution in [0.5, 0.6) is 0 Å². The number of nitro benzene ring substituents is 1. The van der Waals surface area contributed by atoms with Gasteiger partial charge in [0.05, 0.1) is 24.0 Å². The van der Waals surface area contributed by atoms with E-state index in [1.54, 1.807) is 24.3 Å². The van der Waals surface area contributed by atoms with E-state index < -0.39 is 10.7 Å². The maximum Gasteiger partial charge on any atom is 0.270 e. The number of hydrogen-bond donors (Lipinski definition) is 0. The molecule has 1 aromatic carbocycles. The Balaban J connectivity index is 2.17. The van der Waals surface area contributed by atoms with Crippen LogP contribution in [-0.2, 0) is 9.47 Å². The molecule has 1 fully saturated rings. The highest BCUT2D eigenvalue weighted by atomic mass is 35.5. The Morgan fingerprint density at radius 3 is 2.78 bits per heavy atom. The molecule has 18 heavy (non-hydrogen) atoms. The molecule has 1 aromatic rings. The van der Waals surface area contributed by atoms with Crippen molar-refractivity contribution in [1.29, 1.82) is 0 Å². The fourth-order valence-corrected chi connectivity index (χ4v) is 1.90. The monoisotopic (exact) mass is 269 g/mol. The molecule has 1 aliphatic heterocycles. The average molecular weight is 270 g/mol. The molecule has 0 aliphatic carbocycles. The number of rotatable bonds is 4. The molecule has 0 N–H and O–H groups in total. The van der Waals surface area contributed by atoms with Crippen LogP contribution in [0.2, 0.25) is 0 Å². The first-order chi connectivity index (χ1) is 8.65. The summed E-state index contributed by atoms with van der Waals surface area (Å²) in [6, 6.07) is 6.31. The van der Waals surface area contributed by atoms with Gasteiger partial charge in [-0.1, -0.05) is 18.2 Å². The van der Waals surface area contributed by atoms with Gasteiger partial charge in [-0.15, -0.1) is 11.6 Å². The second kappa shape index (κ2) is 5.48. The van der Waals surface area contributed by atoms with E-state index in [1.807, 2.05) is 0 Å². The third-order valence-electron chi connectivity index (χ3n) is 2.57. The molecule has 1 heterocycles. The molecular formula is C12H12ClNO4. The number of alkyl halides is 1. The van der Waals surface area contributed by atoms with Crippen LogP contribution in [0.15, 0.2) is 30.3 Å². The van der Waals surface area contributed by atoms with Crippen molar-refractivity contribution in [3.8, 4) is 0 Å². The van der Waals surface area contributed by atoms with Crippen molar-refractivity contribution < 1.29 is 14.4 Å². The van der Waals surface area contributed by atoms with Gasteiger partial charge in [-0.25, -0.2) is 0 Å². The van der Waals surface area contributed by atoms with Crippen molar-refractivity contribution in [3.63, 3.8) is 0 Å². The first kappa shape index (κ1) is 13.0. The van der Waals surface area contributed by atoms with E-state index in [2.05, 4.69) is 0 Å². The molecule has 96 valence electrons. The summed E-state index contributed by atoms with van der Waals surface area (Å²) >= 11 is 5.80. The smallest absolute Gasteiger partial charge is 0.270 e. The van der Waals surface area contributed by atoms with Crippen molar-refractivity contribution in [2.75, 3.05) is 19.1 Å². The van der Waals surface area contributed by atoms with E-state index >= 15 is 0 Å². The molecule has 0 spiro atoms. The van der Waals surface area contributed by atoms with Gasteiger partial charge in [0.15, 0.2) is 0 Å². The first-order valence-corrected chi connectivity index (χ1v) is 5.96. The lowest BCUT2D eigenvalue weighted by Crippen LogP contribution is -2.29. The number of halogens is 1. The van der Waals surface area contributed by atoms with Crippen molar-refractivity contribution in [2.45, 2.75) is 5.79 Å². The molecule has 0 amide bonds. The quantitative estimate of drug-likeness (QED) is 0.479. The molecule has 0 radical (unpaired) electrons. The third kappa shape index (κ3) is 2.87. The number of hydrogen-bond acceptors (Lipinski definition) is 4. The SMILES string of the molecule is O=[N+]([O-])c1cccc(/C=C/C2(CCl)OCCO2)c1. The van der Waals surface area contributed by atoms with Crippen LogP contribution in [-0.4, -0.2) is 29.8 Å². The standard InChI is InChI=1S/C12H12ClNO4/c13-9-12(17-6-7-18-12)5-4-10-2-1-3-11(8-10)14(15)16/h1-5,8H,6-7,9H2/b5-4+. The van der Waals surface area contributed by atoms with E-state index in [9.17, 15) is 10.1 Å². The summed E-state index contributed by atoms with van der Waals surface area (Å²) in [7, 11) is 0. The Hall–Kier alpha value is -1.43. The van der Waals surface area contributed by atoms with E-state index in [-0.39, 0.29) is 11.6 Å². The summed E-state index contributed by atoms with van der Waals surface area (Å²) in [6.45, 7) is 0.984. The minimum absolute atomic E-state index is 0.0466. The highest BCUT2D eigenvalue weighted by molar-refractivity contribution is 6.18. The van der Waals surface area contributed by atoms with Gasteiger partial charge in [-0.05, 0) is 11.6 Å². The molecule has 2 rings (SSSR count). The van der Waals surface area contributed by atoms with Gasteiger partial charge >= 0.3 is 0 Å². The summed E-state index contributed by atoms with van der Waals surface area (Å²) in [6.07, 6.45) is 3.40. The van der Waals surface area contributed by atoms with Gasteiger partial charge < -0.3 is 9.47 Å². The van der Waals surface area contributed by atoms with E-state index in [4.69, 9.17) is 21.1 Å². The lowest BCUT2D eigenvalue weighted by molar-refractivity contribution is -0.384. The summed E-state index contributed by atoms with van der Waals surface area (Å²) in [5.41, 5.74) is 0.748. The summed E-state index contributed by atoms with van der Waals surface area (Å²) in [5, 5.41) is 10.6. The highest BCUT2D eigenvalue weighted by Gasteiger charge is 2.32. The van der Waals surface area contributed by atoms with Crippen LogP contribution < -0.4 is 0 Å². The van der Waals surface area contributed by atoms with E-state index in [0.29, 0.717) is 18.8 Å². The highest BCUT2D eigenvalue weighted by Crippen LogP contribution is 2.24. The minimum Gasteiger partial charge on any atom is -0.343 e. The Morgan fingerprint density at radius 2 is 2.17 bits per heavy atom. The molecule has 1 aliphatic rings. The second-order valence-corrected chi connectivity index (χ2v) is 4.10. The maximum atomic E-state index is 10.6. The van der Waals surface area contributed by atoms with Crippen molar-refractivity contribution in [1.82, 2.24) is 0 Å². The zero-order valence-electron chi connectivity index (χ0n) is 9.54. The maximum absolute atomic E-state index is 10.6. The Labute approximate surface area is 109 Å². The predicted molar refractivity (Wildman–Crippen MR) is 67.5 cm³/mol. The number of ether oxygens (including phenoxy) is 2. The molecule has 0 atom stereocenters. The van der Waals surface area contributed by atoms with Crippen molar-refractivity contribution in [3.05, 3.63) is 46.0 Å². The molecule has 5 nitrogen and oxygen atoms in total. The molecule has 0 saturated carbocycles. The van der Waals surface area contributed by atoms with Crippen LogP contribution in [0.4, 0.5) is 5.69 Å². The Bertz CT molecular complexity index is 469. The Morgan fingerprint density at radius 1 is 1.44 bits per heavy atom. The fraction of sp³-hybridized carbons (Fsp3) is 0.333. The molecule has 6 heteroatoms. The topological polar surface area (TPSA) is 61.6 Å². The van der Waals surface area contributed by atoms with E-state index in [1.165, 1.54) is 12.1 Å². The normalized spacial score (nSPS) is 18.3. The van der Waals surface area contributed by atoms with Crippen LogP contribution in [0.25, 0.3) is 6.08 Å². The van der Waals surface area contributed by atoms with Crippen molar-refractivity contribution >= 4 is 23.4 Å². The number of nitro groups is 1. The number of non-ortho nitro benzene ring substituents is 1. The minimum atomic E-state index is -0.911. The van der Waals surface area contributed by atoms with Crippen LogP contribution in [0.3, 0.4) is 0 Å². The molecule has 1 saturated heterocycles. The van der Waals surface area contributed by atoms with Gasteiger partial charge in [0.25, 0.3) is 5.69 Å². The largest absolute Gasteiger partial charge is 0.343 e. The van der Waals surface area contributed by atoms with Gasteiger partial charge in [0, 0.05) is 12.1 Å². The first-order valence-electron chi connectivity index (χ1n) is 5.43.